The summed E-state index contributed by atoms with van der Waals surface area (Å²) in [5, 5.41) is 9.93. The molecule has 0 aromatic heterocycles. The third-order valence-electron chi connectivity index (χ3n) is 6.31. The number of hydrogen-bond donors (Lipinski definition) is 1. The van der Waals surface area contributed by atoms with E-state index in [-0.39, 0.29) is 12.6 Å². The van der Waals surface area contributed by atoms with E-state index in [9.17, 15) is 9.90 Å². The predicted octanol–water partition coefficient (Wildman–Crippen LogP) is 8.90. The summed E-state index contributed by atoms with van der Waals surface area (Å²) in [6.07, 6.45) is 28.0. The van der Waals surface area contributed by atoms with Gasteiger partial charge in [-0.15, -0.1) is 0 Å². The van der Waals surface area contributed by atoms with Crippen molar-refractivity contribution in [2.45, 2.75) is 168 Å². The van der Waals surface area contributed by atoms with Crippen LogP contribution in [0.4, 0.5) is 0 Å². The number of ether oxygens (including phenoxy) is 1. The zero-order valence-electron chi connectivity index (χ0n) is 21.3. The Labute approximate surface area is 195 Å². The normalized spacial score (nSPS) is 12.2. The van der Waals surface area contributed by atoms with E-state index in [1.54, 1.807) is 0 Å². The standard InChI is InChI=1S/C28H56O3/c1-3-5-7-9-11-12-13-14-15-16-17-18-19-21-23-25-28(30)31-26-27(29)24-22-20-10-8-6-4-2/h27,29H,3-26H2,1-2H3. The molecule has 0 aromatic carbocycles. The van der Waals surface area contributed by atoms with Crippen molar-refractivity contribution >= 4 is 5.97 Å². The Hall–Kier alpha value is -0.570. The van der Waals surface area contributed by atoms with Crippen molar-refractivity contribution in [3.05, 3.63) is 0 Å². The average molecular weight is 441 g/mol. The summed E-state index contributed by atoms with van der Waals surface area (Å²) < 4.78 is 5.23. The van der Waals surface area contributed by atoms with E-state index >= 15 is 0 Å². The molecule has 3 heteroatoms. The highest BCUT2D eigenvalue weighted by Crippen LogP contribution is 2.14. The topological polar surface area (TPSA) is 46.5 Å². The molecule has 1 N–H and O–H groups in total. The van der Waals surface area contributed by atoms with Gasteiger partial charge in [0, 0.05) is 6.42 Å². The molecule has 0 saturated heterocycles. The van der Waals surface area contributed by atoms with Gasteiger partial charge in [0.05, 0.1) is 6.10 Å². The van der Waals surface area contributed by atoms with Crippen LogP contribution in [-0.4, -0.2) is 23.8 Å². The molecule has 0 aliphatic rings. The van der Waals surface area contributed by atoms with Crippen LogP contribution in [0.3, 0.4) is 0 Å². The SMILES string of the molecule is CCCCCCCCCCCCCCCCCC(=O)OCC(O)CCCCCCCC. The number of unbranched alkanes of at least 4 members (excludes halogenated alkanes) is 19. The molecule has 0 aromatic rings. The van der Waals surface area contributed by atoms with Gasteiger partial charge in [-0.05, 0) is 12.8 Å². The number of carbonyl (C=O) groups excluding carboxylic acids is 1. The Balaban J connectivity index is 3.25. The highest BCUT2D eigenvalue weighted by molar-refractivity contribution is 5.69. The van der Waals surface area contributed by atoms with Crippen LogP contribution in [-0.2, 0) is 9.53 Å². The molecule has 186 valence electrons. The second-order valence-electron chi connectivity index (χ2n) is 9.59. The monoisotopic (exact) mass is 440 g/mol. The number of rotatable bonds is 25. The lowest BCUT2D eigenvalue weighted by atomic mass is 10.0. The third kappa shape index (κ3) is 25.6. The maximum absolute atomic E-state index is 11.8. The summed E-state index contributed by atoms with van der Waals surface area (Å²) in [5.74, 6) is -0.142. The van der Waals surface area contributed by atoms with Gasteiger partial charge < -0.3 is 9.84 Å². The van der Waals surface area contributed by atoms with Gasteiger partial charge in [0.25, 0.3) is 0 Å². The van der Waals surface area contributed by atoms with Crippen LogP contribution in [0.15, 0.2) is 0 Å². The quantitative estimate of drug-likeness (QED) is 0.114. The average Bonchev–Trinajstić information content (AvgIpc) is 2.77. The molecule has 0 bridgehead atoms. The summed E-state index contributed by atoms with van der Waals surface area (Å²) >= 11 is 0. The summed E-state index contributed by atoms with van der Waals surface area (Å²) in [4.78, 5) is 11.8. The zero-order chi connectivity index (χ0) is 22.8. The molecule has 0 heterocycles. The Morgan fingerprint density at radius 1 is 0.581 bits per heavy atom. The molecular weight excluding hydrogens is 384 g/mol. The second-order valence-corrected chi connectivity index (χ2v) is 9.59. The molecule has 0 radical (unpaired) electrons. The lowest BCUT2D eigenvalue weighted by molar-refractivity contribution is -0.146. The van der Waals surface area contributed by atoms with E-state index in [4.69, 9.17) is 4.74 Å². The Morgan fingerprint density at radius 3 is 1.35 bits per heavy atom. The molecule has 1 unspecified atom stereocenters. The van der Waals surface area contributed by atoms with E-state index in [1.165, 1.54) is 116 Å². The number of hydrogen-bond acceptors (Lipinski definition) is 3. The minimum atomic E-state index is -0.490. The van der Waals surface area contributed by atoms with Crippen LogP contribution < -0.4 is 0 Å². The van der Waals surface area contributed by atoms with Crippen molar-refractivity contribution < 1.29 is 14.6 Å². The molecule has 0 rings (SSSR count). The molecular formula is C28H56O3. The van der Waals surface area contributed by atoms with Gasteiger partial charge in [-0.1, -0.05) is 142 Å². The van der Waals surface area contributed by atoms with Gasteiger partial charge >= 0.3 is 5.97 Å². The van der Waals surface area contributed by atoms with Crippen molar-refractivity contribution in [1.82, 2.24) is 0 Å². The Morgan fingerprint density at radius 2 is 0.935 bits per heavy atom. The minimum Gasteiger partial charge on any atom is -0.463 e. The molecule has 0 aliphatic heterocycles. The van der Waals surface area contributed by atoms with E-state index in [1.807, 2.05) is 0 Å². The maximum Gasteiger partial charge on any atom is 0.305 e. The molecule has 3 nitrogen and oxygen atoms in total. The van der Waals surface area contributed by atoms with Crippen molar-refractivity contribution in [2.24, 2.45) is 0 Å². The van der Waals surface area contributed by atoms with E-state index < -0.39 is 6.10 Å². The first-order chi connectivity index (χ1) is 15.2. The lowest BCUT2D eigenvalue weighted by Crippen LogP contribution is -2.18. The molecule has 0 spiro atoms. The molecule has 0 aliphatic carbocycles. The van der Waals surface area contributed by atoms with E-state index in [0.717, 1.165) is 25.7 Å². The van der Waals surface area contributed by atoms with Gasteiger partial charge in [0.1, 0.15) is 6.61 Å². The van der Waals surface area contributed by atoms with Gasteiger partial charge in [-0.2, -0.15) is 0 Å². The second kappa shape index (κ2) is 25.7. The highest BCUT2D eigenvalue weighted by Gasteiger charge is 2.08. The third-order valence-corrected chi connectivity index (χ3v) is 6.31. The van der Waals surface area contributed by atoms with Gasteiger partial charge in [-0.25, -0.2) is 0 Å². The fourth-order valence-electron chi connectivity index (χ4n) is 4.15. The minimum absolute atomic E-state index is 0.142. The van der Waals surface area contributed by atoms with Crippen LogP contribution in [0.25, 0.3) is 0 Å². The van der Waals surface area contributed by atoms with Crippen LogP contribution in [0, 0.1) is 0 Å². The lowest BCUT2D eigenvalue weighted by Gasteiger charge is -2.11. The molecule has 0 amide bonds. The van der Waals surface area contributed by atoms with Crippen LogP contribution in [0.2, 0.25) is 0 Å². The molecule has 0 fully saturated rings. The van der Waals surface area contributed by atoms with E-state index in [2.05, 4.69) is 13.8 Å². The number of esters is 1. The zero-order valence-corrected chi connectivity index (χ0v) is 21.3. The summed E-state index contributed by atoms with van der Waals surface area (Å²) in [6, 6.07) is 0. The number of aliphatic hydroxyl groups excluding tert-OH is 1. The van der Waals surface area contributed by atoms with Crippen molar-refractivity contribution in [2.75, 3.05) is 6.61 Å². The largest absolute Gasteiger partial charge is 0.463 e. The first-order valence-corrected chi connectivity index (χ1v) is 14.0. The smallest absolute Gasteiger partial charge is 0.305 e. The van der Waals surface area contributed by atoms with E-state index in [0.29, 0.717) is 6.42 Å². The number of aliphatic hydroxyl groups is 1. The molecule has 1 atom stereocenters. The summed E-state index contributed by atoms with van der Waals surface area (Å²) in [5.41, 5.74) is 0. The fraction of sp³-hybridized carbons (Fsp3) is 0.964. The summed E-state index contributed by atoms with van der Waals surface area (Å²) in [7, 11) is 0. The van der Waals surface area contributed by atoms with Gasteiger partial charge in [0.15, 0.2) is 0 Å². The number of carbonyl (C=O) groups is 1. The van der Waals surface area contributed by atoms with Crippen molar-refractivity contribution in [3.63, 3.8) is 0 Å². The van der Waals surface area contributed by atoms with Crippen LogP contribution >= 0.6 is 0 Å². The first-order valence-electron chi connectivity index (χ1n) is 14.0. The van der Waals surface area contributed by atoms with Crippen molar-refractivity contribution in [3.8, 4) is 0 Å². The predicted molar refractivity (Wildman–Crippen MR) is 135 cm³/mol. The fourth-order valence-corrected chi connectivity index (χ4v) is 4.15. The van der Waals surface area contributed by atoms with Gasteiger partial charge in [0.2, 0.25) is 0 Å². The van der Waals surface area contributed by atoms with Crippen LogP contribution in [0.1, 0.15) is 162 Å². The maximum atomic E-state index is 11.8. The Kier molecular flexibility index (Phi) is 25.2. The Bertz CT molecular complexity index is 356. The molecule has 31 heavy (non-hydrogen) atoms. The van der Waals surface area contributed by atoms with Crippen LogP contribution in [0.5, 0.6) is 0 Å². The highest BCUT2D eigenvalue weighted by atomic mass is 16.5. The summed E-state index contributed by atoms with van der Waals surface area (Å²) in [6.45, 7) is 4.67. The first kappa shape index (κ1) is 30.4. The van der Waals surface area contributed by atoms with Gasteiger partial charge in [-0.3, -0.25) is 4.79 Å². The molecule has 0 saturated carbocycles. The van der Waals surface area contributed by atoms with Crippen molar-refractivity contribution in [1.29, 1.82) is 0 Å².